The number of thioether (sulfide) groups is 1. The molecule has 2 amide bonds. The molecule has 196 valence electrons. The van der Waals surface area contributed by atoms with E-state index in [0.717, 1.165) is 25.4 Å². The van der Waals surface area contributed by atoms with Crippen molar-refractivity contribution in [3.8, 4) is 5.75 Å². The summed E-state index contributed by atoms with van der Waals surface area (Å²) in [5.74, 6) is -6.21. The molecule has 14 heteroatoms. The van der Waals surface area contributed by atoms with E-state index >= 15 is 0 Å². The molecule has 2 aromatic heterocycles. The second-order valence-electron chi connectivity index (χ2n) is 8.34. The Morgan fingerprint density at radius 1 is 1.27 bits per heavy atom. The number of ether oxygens (including phenoxy) is 1. The minimum atomic E-state index is -4.85. The molecule has 0 saturated carbocycles. The highest BCUT2D eigenvalue weighted by molar-refractivity contribution is 8.02. The van der Waals surface area contributed by atoms with Crippen LogP contribution in [0.15, 0.2) is 42.9 Å². The number of aromatic nitrogens is 3. The number of nitrogens with one attached hydrogen (secondary N) is 1. The number of methoxy groups -OCH3 is 1. The van der Waals surface area contributed by atoms with Gasteiger partial charge in [-0.1, -0.05) is 6.07 Å². The standard InChI is InChI=1S/C23H20F5N5O3S/c1-33-10-11(9-31-33)22(23(26,27)28)8-14(13-3-4-15(24)17(25)18(13)36-2)19(37-22)21(35)32-12-5-6-30-16(7-12)20(29)34/h3-7,9-10,14,19H,8H2,1-2H3,(H2,29,34)(H,30,32,35)/t14-,19+,22-/m0/s1. The molecule has 1 aliphatic rings. The number of amides is 2. The van der Waals surface area contributed by atoms with Crippen LogP contribution in [0.2, 0.25) is 0 Å². The summed E-state index contributed by atoms with van der Waals surface area (Å²) in [7, 11) is 2.51. The molecule has 3 atom stereocenters. The van der Waals surface area contributed by atoms with Crippen LogP contribution >= 0.6 is 11.8 Å². The van der Waals surface area contributed by atoms with Crippen LogP contribution in [-0.4, -0.2) is 45.1 Å². The van der Waals surface area contributed by atoms with Gasteiger partial charge in [0, 0.05) is 42.2 Å². The summed E-state index contributed by atoms with van der Waals surface area (Å²) < 4.78 is 76.2. The third kappa shape index (κ3) is 4.72. The number of carbonyl (C=O) groups excluding carboxylic acids is 2. The predicted octanol–water partition coefficient (Wildman–Crippen LogP) is 3.89. The van der Waals surface area contributed by atoms with Gasteiger partial charge in [-0.25, -0.2) is 4.39 Å². The average Bonchev–Trinajstić information content (AvgIpc) is 3.45. The van der Waals surface area contributed by atoms with Crippen LogP contribution in [0.1, 0.15) is 34.0 Å². The quantitative estimate of drug-likeness (QED) is 0.458. The number of hydrogen-bond acceptors (Lipinski definition) is 6. The SMILES string of the molecule is COc1c([C@@H]2C[C@](c3cnn(C)c3)(C(F)(F)F)S[C@H]2C(=O)Nc2ccnc(C(N)=O)c2)ccc(F)c1F. The number of aryl methyl sites for hydroxylation is 1. The number of benzene rings is 1. The fourth-order valence-corrected chi connectivity index (χ4v) is 6.00. The van der Waals surface area contributed by atoms with Crippen molar-refractivity contribution < 1.29 is 36.3 Å². The monoisotopic (exact) mass is 541 g/mol. The Labute approximate surface area is 211 Å². The number of rotatable bonds is 6. The van der Waals surface area contributed by atoms with Gasteiger partial charge in [0.05, 0.1) is 18.6 Å². The fraction of sp³-hybridized carbons (Fsp3) is 0.304. The molecule has 0 spiro atoms. The maximum absolute atomic E-state index is 14.7. The fourth-order valence-electron chi connectivity index (χ4n) is 4.34. The summed E-state index contributed by atoms with van der Waals surface area (Å²) in [5.41, 5.74) is 4.81. The number of nitrogens with zero attached hydrogens (tertiary/aromatic N) is 3. The van der Waals surface area contributed by atoms with Crippen LogP contribution in [0, 0.1) is 11.6 Å². The third-order valence-corrected chi connectivity index (χ3v) is 7.89. The van der Waals surface area contributed by atoms with Crippen molar-refractivity contribution in [3.63, 3.8) is 0 Å². The number of halogens is 5. The zero-order valence-electron chi connectivity index (χ0n) is 19.3. The molecule has 0 radical (unpaired) electrons. The van der Waals surface area contributed by atoms with Gasteiger partial charge in [0.25, 0.3) is 5.91 Å². The van der Waals surface area contributed by atoms with E-state index in [4.69, 9.17) is 10.5 Å². The number of nitrogens with two attached hydrogens (primary N) is 1. The first-order valence-corrected chi connectivity index (χ1v) is 11.6. The highest BCUT2D eigenvalue weighted by Crippen LogP contribution is 2.64. The number of alkyl halides is 3. The Balaban J connectivity index is 1.83. The van der Waals surface area contributed by atoms with E-state index in [1.165, 1.54) is 36.3 Å². The number of anilines is 1. The Hall–Kier alpha value is -3.68. The topological polar surface area (TPSA) is 112 Å². The molecular weight excluding hydrogens is 521 g/mol. The van der Waals surface area contributed by atoms with Gasteiger partial charge in [-0.2, -0.15) is 22.7 Å². The van der Waals surface area contributed by atoms with Gasteiger partial charge < -0.3 is 15.8 Å². The summed E-state index contributed by atoms with van der Waals surface area (Å²) in [6.45, 7) is 0. The Kier molecular flexibility index (Phi) is 6.88. The molecule has 0 bridgehead atoms. The van der Waals surface area contributed by atoms with Crippen LogP contribution < -0.4 is 15.8 Å². The maximum atomic E-state index is 14.7. The van der Waals surface area contributed by atoms with E-state index in [0.29, 0.717) is 11.8 Å². The van der Waals surface area contributed by atoms with Crippen molar-refractivity contribution in [3.05, 3.63) is 71.3 Å². The van der Waals surface area contributed by atoms with Crippen LogP contribution in [0.4, 0.5) is 27.6 Å². The van der Waals surface area contributed by atoms with Gasteiger partial charge >= 0.3 is 6.18 Å². The molecule has 8 nitrogen and oxygen atoms in total. The molecule has 1 aromatic carbocycles. The van der Waals surface area contributed by atoms with Gasteiger partial charge in [-0.15, -0.1) is 11.8 Å². The highest BCUT2D eigenvalue weighted by atomic mass is 32.2. The molecule has 3 heterocycles. The summed E-state index contributed by atoms with van der Waals surface area (Å²) in [6.07, 6.45) is -2.08. The summed E-state index contributed by atoms with van der Waals surface area (Å²) >= 11 is 0.332. The van der Waals surface area contributed by atoms with Crippen molar-refractivity contribution in [2.75, 3.05) is 12.4 Å². The maximum Gasteiger partial charge on any atom is 0.407 e. The lowest BCUT2D eigenvalue weighted by Crippen LogP contribution is -2.37. The molecule has 1 saturated heterocycles. The molecule has 4 rings (SSSR count). The first kappa shape index (κ1) is 26.4. The molecular formula is C23H20F5N5O3S. The van der Waals surface area contributed by atoms with Crippen molar-refractivity contribution in [2.24, 2.45) is 12.8 Å². The number of hydrogen-bond donors (Lipinski definition) is 2. The molecule has 0 aliphatic carbocycles. The second kappa shape index (κ2) is 9.65. The van der Waals surface area contributed by atoms with Crippen LogP contribution in [-0.2, 0) is 16.6 Å². The second-order valence-corrected chi connectivity index (χ2v) is 9.78. The number of carbonyl (C=O) groups is 2. The van der Waals surface area contributed by atoms with E-state index in [1.807, 2.05) is 0 Å². The van der Waals surface area contributed by atoms with Crippen LogP contribution in [0.25, 0.3) is 0 Å². The number of pyridine rings is 1. The van der Waals surface area contributed by atoms with Crippen molar-refractivity contribution in [1.29, 1.82) is 0 Å². The van der Waals surface area contributed by atoms with Crippen molar-refractivity contribution >= 4 is 29.3 Å². The van der Waals surface area contributed by atoms with E-state index in [1.54, 1.807) is 0 Å². The average molecular weight is 542 g/mol. The molecule has 3 N–H and O–H groups in total. The molecule has 37 heavy (non-hydrogen) atoms. The Morgan fingerprint density at radius 2 is 2.00 bits per heavy atom. The minimum absolute atomic E-state index is 0.0660. The summed E-state index contributed by atoms with van der Waals surface area (Å²) in [5, 5.41) is 4.90. The lowest BCUT2D eigenvalue weighted by atomic mass is 9.83. The highest BCUT2D eigenvalue weighted by Gasteiger charge is 2.65. The summed E-state index contributed by atoms with van der Waals surface area (Å²) in [4.78, 5) is 28.6. The van der Waals surface area contributed by atoms with E-state index in [9.17, 15) is 31.5 Å². The minimum Gasteiger partial charge on any atom is -0.493 e. The largest absolute Gasteiger partial charge is 0.493 e. The third-order valence-electron chi connectivity index (χ3n) is 6.05. The van der Waals surface area contributed by atoms with Gasteiger partial charge in [0.1, 0.15) is 10.4 Å². The molecule has 3 aromatic rings. The summed E-state index contributed by atoms with van der Waals surface area (Å²) in [6, 6.07) is 4.38. The van der Waals surface area contributed by atoms with Gasteiger partial charge in [0.15, 0.2) is 11.6 Å². The van der Waals surface area contributed by atoms with Crippen molar-refractivity contribution in [1.82, 2.24) is 14.8 Å². The van der Waals surface area contributed by atoms with Gasteiger partial charge in [0.2, 0.25) is 11.7 Å². The first-order valence-electron chi connectivity index (χ1n) is 10.7. The van der Waals surface area contributed by atoms with E-state index in [-0.39, 0.29) is 22.5 Å². The zero-order valence-corrected chi connectivity index (χ0v) is 20.2. The van der Waals surface area contributed by atoms with Crippen LogP contribution in [0.5, 0.6) is 5.75 Å². The molecule has 1 aliphatic heterocycles. The predicted molar refractivity (Wildman–Crippen MR) is 124 cm³/mol. The number of primary amides is 1. The van der Waals surface area contributed by atoms with Crippen LogP contribution in [0.3, 0.4) is 0 Å². The Bertz CT molecular complexity index is 1360. The zero-order chi connectivity index (χ0) is 27.1. The van der Waals surface area contributed by atoms with Gasteiger partial charge in [-0.3, -0.25) is 19.3 Å². The lowest BCUT2D eigenvalue weighted by molar-refractivity contribution is -0.163. The first-order chi connectivity index (χ1) is 17.4. The normalized spacial score (nSPS) is 21.6. The lowest BCUT2D eigenvalue weighted by Gasteiger charge is -2.30. The molecule has 1 fully saturated rings. The van der Waals surface area contributed by atoms with E-state index in [2.05, 4.69) is 15.4 Å². The van der Waals surface area contributed by atoms with E-state index < -0.39 is 57.7 Å². The van der Waals surface area contributed by atoms with Crippen molar-refractivity contribution in [2.45, 2.75) is 28.5 Å². The Morgan fingerprint density at radius 3 is 2.59 bits per heavy atom. The molecule has 0 unspecified atom stereocenters. The smallest absolute Gasteiger partial charge is 0.407 e. The van der Waals surface area contributed by atoms with Gasteiger partial charge in [-0.05, 0) is 24.6 Å².